The third-order valence-corrected chi connectivity index (χ3v) is 6.49. The minimum absolute atomic E-state index is 0.00118. The maximum Gasteiger partial charge on any atom is 0.416 e. The van der Waals surface area contributed by atoms with Crippen molar-refractivity contribution in [3.63, 3.8) is 0 Å². The van der Waals surface area contributed by atoms with E-state index in [-0.39, 0.29) is 24.4 Å². The number of alkyl halides is 3. The van der Waals surface area contributed by atoms with Gasteiger partial charge < -0.3 is 11.1 Å². The SMILES string of the molecule is CCCc1sc(C(=O)NC(CN)Cc2ccccc2C(F)(F)F)cc1-c1c(C)cnn1C. The van der Waals surface area contributed by atoms with E-state index in [0.29, 0.717) is 4.88 Å². The molecule has 0 fully saturated rings. The van der Waals surface area contributed by atoms with Crippen molar-refractivity contribution in [3.8, 4) is 11.3 Å². The van der Waals surface area contributed by atoms with Gasteiger partial charge in [-0.2, -0.15) is 18.3 Å². The molecule has 1 atom stereocenters. The number of nitrogens with two attached hydrogens (primary N) is 1. The van der Waals surface area contributed by atoms with Gasteiger partial charge in [-0.25, -0.2) is 0 Å². The third-order valence-electron chi connectivity index (χ3n) is 5.30. The molecule has 0 spiro atoms. The second kappa shape index (κ2) is 9.87. The fourth-order valence-electron chi connectivity index (χ4n) is 3.78. The Morgan fingerprint density at radius 1 is 1.31 bits per heavy atom. The summed E-state index contributed by atoms with van der Waals surface area (Å²) >= 11 is 1.40. The molecule has 2 aromatic heterocycles. The first-order valence-corrected chi connectivity index (χ1v) is 11.2. The van der Waals surface area contributed by atoms with E-state index in [4.69, 9.17) is 5.73 Å². The molecule has 0 aliphatic heterocycles. The highest BCUT2D eigenvalue weighted by molar-refractivity contribution is 7.14. The first-order valence-electron chi connectivity index (χ1n) is 10.4. The standard InChI is InChI=1S/C23H27F3N4OS/c1-4-7-19-17(21-14(2)13-28-30(21)3)11-20(32-19)22(31)29-16(12-27)10-15-8-5-6-9-18(15)23(24,25)26/h5-6,8-9,11,13,16H,4,7,10,12,27H2,1-3H3,(H,29,31). The summed E-state index contributed by atoms with van der Waals surface area (Å²) in [7, 11) is 1.86. The first kappa shape index (κ1) is 24.0. The quantitative estimate of drug-likeness (QED) is 0.506. The van der Waals surface area contributed by atoms with Crippen molar-refractivity contribution < 1.29 is 18.0 Å². The maximum atomic E-state index is 13.3. The van der Waals surface area contributed by atoms with Crippen LogP contribution in [0.15, 0.2) is 36.5 Å². The van der Waals surface area contributed by atoms with Crippen molar-refractivity contribution in [2.24, 2.45) is 12.8 Å². The molecule has 0 bridgehead atoms. The number of hydrogen-bond acceptors (Lipinski definition) is 4. The maximum absolute atomic E-state index is 13.3. The van der Waals surface area contributed by atoms with Crippen molar-refractivity contribution in [2.75, 3.05) is 6.54 Å². The topological polar surface area (TPSA) is 72.9 Å². The Morgan fingerprint density at radius 3 is 2.62 bits per heavy atom. The van der Waals surface area contributed by atoms with Gasteiger partial charge in [-0.05, 0) is 43.0 Å². The number of halogens is 3. The average molecular weight is 465 g/mol. The van der Waals surface area contributed by atoms with Crippen molar-refractivity contribution in [2.45, 2.75) is 45.3 Å². The summed E-state index contributed by atoms with van der Waals surface area (Å²) in [4.78, 5) is 14.6. The molecule has 0 saturated carbocycles. The number of amides is 1. The molecule has 3 rings (SSSR count). The monoisotopic (exact) mass is 464 g/mol. The molecule has 32 heavy (non-hydrogen) atoms. The summed E-state index contributed by atoms with van der Waals surface area (Å²) in [5, 5.41) is 7.12. The van der Waals surface area contributed by atoms with Crippen LogP contribution < -0.4 is 11.1 Å². The second-order valence-electron chi connectivity index (χ2n) is 7.76. The van der Waals surface area contributed by atoms with Gasteiger partial charge in [0.25, 0.3) is 5.91 Å². The molecular formula is C23H27F3N4OS. The lowest BCUT2D eigenvalue weighted by molar-refractivity contribution is -0.138. The van der Waals surface area contributed by atoms with Crippen LogP contribution in [0, 0.1) is 6.92 Å². The minimum atomic E-state index is -4.46. The predicted octanol–water partition coefficient (Wildman–Crippen LogP) is 4.73. The Labute approximate surface area is 189 Å². The number of rotatable bonds is 8. The molecule has 3 aromatic rings. The van der Waals surface area contributed by atoms with Gasteiger partial charge in [0.1, 0.15) is 0 Å². The number of thiophene rings is 1. The average Bonchev–Trinajstić information content (AvgIpc) is 3.29. The second-order valence-corrected chi connectivity index (χ2v) is 8.90. The van der Waals surface area contributed by atoms with E-state index in [9.17, 15) is 18.0 Å². The highest BCUT2D eigenvalue weighted by Gasteiger charge is 2.33. The summed E-state index contributed by atoms with van der Waals surface area (Å²) in [6.07, 6.45) is -0.940. The van der Waals surface area contributed by atoms with Gasteiger partial charge in [0.15, 0.2) is 0 Å². The first-order chi connectivity index (χ1) is 15.2. The summed E-state index contributed by atoms with van der Waals surface area (Å²) < 4.78 is 41.8. The number of aromatic nitrogens is 2. The molecule has 1 amide bonds. The van der Waals surface area contributed by atoms with E-state index in [1.165, 1.54) is 23.5 Å². The van der Waals surface area contributed by atoms with Gasteiger partial charge in [0.05, 0.1) is 22.3 Å². The molecule has 0 aliphatic carbocycles. The molecule has 172 valence electrons. The van der Waals surface area contributed by atoms with Crippen LogP contribution in [0.3, 0.4) is 0 Å². The zero-order chi connectivity index (χ0) is 23.5. The van der Waals surface area contributed by atoms with E-state index in [2.05, 4.69) is 17.3 Å². The summed E-state index contributed by atoms with van der Waals surface area (Å²) in [5.74, 6) is -0.335. The molecule has 9 heteroatoms. The van der Waals surface area contributed by atoms with Gasteiger partial charge in [-0.3, -0.25) is 9.48 Å². The Kier molecular flexibility index (Phi) is 7.40. The van der Waals surface area contributed by atoms with Crippen LogP contribution in [0.2, 0.25) is 0 Å². The van der Waals surface area contributed by atoms with Crippen LogP contribution in [-0.2, 0) is 26.1 Å². The summed E-state index contributed by atoms with van der Waals surface area (Å²) in [6, 6.07) is 6.59. The van der Waals surface area contributed by atoms with Gasteiger partial charge in [0, 0.05) is 30.1 Å². The summed E-state index contributed by atoms with van der Waals surface area (Å²) in [5.41, 5.74) is 8.14. The van der Waals surface area contributed by atoms with Crippen molar-refractivity contribution in [1.82, 2.24) is 15.1 Å². The normalized spacial score (nSPS) is 12.7. The fraction of sp³-hybridized carbons (Fsp3) is 0.391. The largest absolute Gasteiger partial charge is 0.416 e. The lowest BCUT2D eigenvalue weighted by atomic mass is 9.99. The van der Waals surface area contributed by atoms with Crippen LogP contribution in [0.25, 0.3) is 11.3 Å². The van der Waals surface area contributed by atoms with Crippen molar-refractivity contribution in [3.05, 3.63) is 63.0 Å². The molecule has 1 unspecified atom stereocenters. The number of hydrogen-bond donors (Lipinski definition) is 2. The van der Waals surface area contributed by atoms with Crippen LogP contribution in [0.4, 0.5) is 13.2 Å². The number of nitrogens with one attached hydrogen (secondary N) is 1. The van der Waals surface area contributed by atoms with Crippen molar-refractivity contribution in [1.29, 1.82) is 0 Å². The van der Waals surface area contributed by atoms with Crippen LogP contribution in [-0.4, -0.2) is 28.3 Å². The van der Waals surface area contributed by atoms with E-state index in [0.717, 1.165) is 40.6 Å². The Hall–Kier alpha value is -2.65. The molecule has 0 saturated heterocycles. The highest BCUT2D eigenvalue weighted by Crippen LogP contribution is 2.35. The van der Waals surface area contributed by atoms with Crippen molar-refractivity contribution >= 4 is 17.2 Å². The minimum Gasteiger partial charge on any atom is -0.347 e. The van der Waals surface area contributed by atoms with Gasteiger partial charge in [0.2, 0.25) is 0 Å². The van der Waals surface area contributed by atoms with E-state index in [1.807, 2.05) is 20.0 Å². The van der Waals surface area contributed by atoms with Crippen LogP contribution in [0.5, 0.6) is 0 Å². The van der Waals surface area contributed by atoms with Crippen LogP contribution in [0.1, 0.15) is 44.6 Å². The highest BCUT2D eigenvalue weighted by atomic mass is 32.1. The van der Waals surface area contributed by atoms with Gasteiger partial charge >= 0.3 is 6.18 Å². The number of nitrogens with zero attached hydrogens (tertiary/aromatic N) is 2. The molecule has 2 heterocycles. The molecule has 0 aliphatic rings. The Bertz CT molecular complexity index is 1070. The predicted molar refractivity (Wildman–Crippen MR) is 121 cm³/mol. The third kappa shape index (κ3) is 5.21. The zero-order valence-electron chi connectivity index (χ0n) is 18.3. The van der Waals surface area contributed by atoms with E-state index < -0.39 is 17.8 Å². The smallest absolute Gasteiger partial charge is 0.347 e. The van der Waals surface area contributed by atoms with Gasteiger partial charge in [-0.1, -0.05) is 31.5 Å². The molecule has 1 aromatic carbocycles. The number of carbonyl (C=O) groups is 1. The van der Waals surface area contributed by atoms with Crippen LogP contribution >= 0.6 is 11.3 Å². The molecular weight excluding hydrogens is 437 g/mol. The fourth-order valence-corrected chi connectivity index (χ4v) is 4.94. The Balaban J connectivity index is 1.84. The van der Waals surface area contributed by atoms with Gasteiger partial charge in [-0.15, -0.1) is 11.3 Å². The Morgan fingerprint density at radius 2 is 2.03 bits per heavy atom. The number of benzene rings is 1. The zero-order valence-corrected chi connectivity index (χ0v) is 19.1. The molecule has 5 nitrogen and oxygen atoms in total. The molecule has 3 N–H and O–H groups in total. The van der Waals surface area contributed by atoms with E-state index in [1.54, 1.807) is 16.9 Å². The lowest BCUT2D eigenvalue weighted by Gasteiger charge is -2.19. The van der Waals surface area contributed by atoms with E-state index >= 15 is 0 Å². The number of carbonyl (C=O) groups excluding carboxylic acids is 1. The molecule has 0 radical (unpaired) electrons. The summed E-state index contributed by atoms with van der Waals surface area (Å²) in [6.45, 7) is 4.07. The lowest BCUT2D eigenvalue weighted by Crippen LogP contribution is -2.41. The number of aryl methyl sites for hydroxylation is 3.